The molecule has 3 nitrogen and oxygen atoms in total. The molecule has 1 unspecified atom stereocenters. The van der Waals surface area contributed by atoms with Crippen molar-refractivity contribution < 1.29 is 19.0 Å². The number of fused-ring (bicyclic) bond motifs is 1. The minimum absolute atomic E-state index is 0.264. The minimum atomic E-state index is -0.737. The number of hydrogen-bond donors (Lipinski definition) is 1. The zero-order valence-corrected chi connectivity index (χ0v) is 14.7. The number of carboxylic acids is 1. The molecule has 0 heterocycles. The Balaban J connectivity index is 1.56. The van der Waals surface area contributed by atoms with Gasteiger partial charge in [0.1, 0.15) is 17.3 Å². The third-order valence-corrected chi connectivity index (χ3v) is 5.00. The zero-order valence-electron chi connectivity index (χ0n) is 14.7. The van der Waals surface area contributed by atoms with Crippen molar-refractivity contribution in [3.8, 4) is 22.6 Å². The molecule has 0 bridgehead atoms. The highest BCUT2D eigenvalue weighted by atomic mass is 19.1. The highest BCUT2D eigenvalue weighted by Crippen LogP contribution is 2.32. The first-order chi connectivity index (χ1) is 13.1. The summed E-state index contributed by atoms with van der Waals surface area (Å²) in [7, 11) is 0. The molecule has 1 atom stereocenters. The van der Waals surface area contributed by atoms with E-state index in [1.165, 1.54) is 17.7 Å². The first-order valence-corrected chi connectivity index (χ1v) is 8.97. The van der Waals surface area contributed by atoms with Crippen molar-refractivity contribution in [3.63, 3.8) is 0 Å². The molecule has 0 aromatic heterocycles. The van der Waals surface area contributed by atoms with Crippen LogP contribution in [-0.4, -0.2) is 11.1 Å². The molecule has 0 fully saturated rings. The summed E-state index contributed by atoms with van der Waals surface area (Å²) >= 11 is 0. The Bertz CT molecular complexity index is 979. The van der Waals surface area contributed by atoms with Crippen LogP contribution in [0.25, 0.3) is 11.1 Å². The number of aliphatic carboxylic acids is 1. The maximum Gasteiger partial charge on any atom is 0.306 e. The van der Waals surface area contributed by atoms with Gasteiger partial charge >= 0.3 is 5.97 Å². The van der Waals surface area contributed by atoms with E-state index >= 15 is 0 Å². The average Bonchev–Trinajstić information content (AvgIpc) is 2.68. The Morgan fingerprint density at radius 1 is 0.926 bits per heavy atom. The zero-order chi connectivity index (χ0) is 18.8. The van der Waals surface area contributed by atoms with Crippen LogP contribution in [0, 0.1) is 11.7 Å². The highest BCUT2D eigenvalue weighted by molar-refractivity contribution is 5.71. The molecule has 0 spiro atoms. The lowest BCUT2D eigenvalue weighted by atomic mass is 9.84. The highest BCUT2D eigenvalue weighted by Gasteiger charge is 2.24. The topological polar surface area (TPSA) is 46.5 Å². The molecule has 0 saturated carbocycles. The van der Waals surface area contributed by atoms with Gasteiger partial charge in [0.25, 0.3) is 0 Å². The first kappa shape index (κ1) is 17.3. The third kappa shape index (κ3) is 3.85. The molecule has 0 radical (unpaired) electrons. The summed E-state index contributed by atoms with van der Waals surface area (Å²) in [6.07, 6.45) is 2.01. The molecule has 4 rings (SSSR count). The van der Waals surface area contributed by atoms with Crippen LogP contribution in [0.1, 0.15) is 17.5 Å². The SMILES string of the molecule is O=C(O)C1CCc2ccc(Oc3cccc(-c4ccc(F)cc4)c3)cc2C1. The van der Waals surface area contributed by atoms with Gasteiger partial charge in [0, 0.05) is 0 Å². The van der Waals surface area contributed by atoms with Crippen LogP contribution in [0.15, 0.2) is 66.7 Å². The van der Waals surface area contributed by atoms with Gasteiger partial charge in [-0.05, 0) is 77.9 Å². The Morgan fingerprint density at radius 3 is 2.48 bits per heavy atom. The van der Waals surface area contributed by atoms with Crippen LogP contribution in [0.3, 0.4) is 0 Å². The van der Waals surface area contributed by atoms with E-state index in [0.29, 0.717) is 24.3 Å². The average molecular weight is 362 g/mol. The predicted octanol–water partition coefficient (Wildman–Crippen LogP) is 5.47. The second-order valence-corrected chi connectivity index (χ2v) is 6.85. The largest absolute Gasteiger partial charge is 0.481 e. The number of ether oxygens (including phenoxy) is 1. The van der Waals surface area contributed by atoms with Gasteiger partial charge in [-0.1, -0.05) is 30.3 Å². The van der Waals surface area contributed by atoms with Crippen LogP contribution < -0.4 is 4.74 Å². The van der Waals surface area contributed by atoms with E-state index in [2.05, 4.69) is 0 Å². The van der Waals surface area contributed by atoms with Crippen LogP contribution >= 0.6 is 0 Å². The number of benzene rings is 3. The summed E-state index contributed by atoms with van der Waals surface area (Å²) in [5.41, 5.74) is 4.09. The molecular weight excluding hydrogens is 343 g/mol. The van der Waals surface area contributed by atoms with Crippen molar-refractivity contribution in [1.29, 1.82) is 0 Å². The van der Waals surface area contributed by atoms with Crippen molar-refractivity contribution in [3.05, 3.63) is 83.7 Å². The molecule has 1 N–H and O–H groups in total. The predicted molar refractivity (Wildman–Crippen MR) is 102 cm³/mol. The summed E-state index contributed by atoms with van der Waals surface area (Å²) in [6.45, 7) is 0. The van der Waals surface area contributed by atoms with Gasteiger partial charge in [-0.25, -0.2) is 4.39 Å². The van der Waals surface area contributed by atoms with Gasteiger partial charge in [0.05, 0.1) is 5.92 Å². The third-order valence-electron chi connectivity index (χ3n) is 5.00. The second-order valence-electron chi connectivity index (χ2n) is 6.85. The molecule has 4 heteroatoms. The number of hydrogen-bond acceptors (Lipinski definition) is 2. The van der Waals surface area contributed by atoms with Gasteiger partial charge in [0.15, 0.2) is 0 Å². The Morgan fingerprint density at radius 2 is 1.70 bits per heavy atom. The molecule has 0 amide bonds. The first-order valence-electron chi connectivity index (χ1n) is 8.97. The molecule has 136 valence electrons. The molecule has 27 heavy (non-hydrogen) atoms. The molecule has 0 saturated heterocycles. The molecule has 3 aromatic rings. The molecule has 1 aliphatic rings. The monoisotopic (exact) mass is 362 g/mol. The van der Waals surface area contributed by atoms with Crippen LogP contribution in [0.4, 0.5) is 4.39 Å². The van der Waals surface area contributed by atoms with E-state index < -0.39 is 5.97 Å². The number of carbonyl (C=O) groups is 1. The van der Waals surface area contributed by atoms with E-state index in [0.717, 1.165) is 23.1 Å². The fourth-order valence-electron chi connectivity index (χ4n) is 3.53. The van der Waals surface area contributed by atoms with Crippen LogP contribution in [0.2, 0.25) is 0 Å². The molecule has 0 aliphatic heterocycles. The van der Waals surface area contributed by atoms with Gasteiger partial charge < -0.3 is 9.84 Å². The normalized spacial score (nSPS) is 15.8. The van der Waals surface area contributed by atoms with Crippen molar-refractivity contribution in [2.45, 2.75) is 19.3 Å². The van der Waals surface area contributed by atoms with Crippen molar-refractivity contribution in [2.24, 2.45) is 5.92 Å². The van der Waals surface area contributed by atoms with Crippen molar-refractivity contribution >= 4 is 5.97 Å². The summed E-state index contributed by atoms with van der Waals surface area (Å²) < 4.78 is 19.1. The van der Waals surface area contributed by atoms with E-state index in [1.54, 1.807) is 12.1 Å². The second kappa shape index (κ2) is 7.23. The lowest BCUT2D eigenvalue weighted by molar-refractivity contribution is -0.142. The van der Waals surface area contributed by atoms with Crippen molar-refractivity contribution in [2.75, 3.05) is 0 Å². The summed E-state index contributed by atoms with van der Waals surface area (Å²) in [5, 5.41) is 9.27. The fourth-order valence-corrected chi connectivity index (χ4v) is 3.53. The van der Waals surface area contributed by atoms with E-state index in [4.69, 9.17) is 4.74 Å². The fraction of sp³-hybridized carbons (Fsp3) is 0.174. The summed E-state index contributed by atoms with van der Waals surface area (Å²) in [5.74, 6) is 0.0480. The lowest BCUT2D eigenvalue weighted by Crippen LogP contribution is -2.22. The Labute approximate surface area is 157 Å². The van der Waals surface area contributed by atoms with Gasteiger partial charge in [-0.15, -0.1) is 0 Å². The maximum atomic E-state index is 13.1. The van der Waals surface area contributed by atoms with Crippen LogP contribution in [0.5, 0.6) is 11.5 Å². The Kier molecular flexibility index (Phi) is 4.63. The maximum absolute atomic E-state index is 13.1. The van der Waals surface area contributed by atoms with E-state index in [1.807, 2.05) is 42.5 Å². The minimum Gasteiger partial charge on any atom is -0.481 e. The molecular formula is C23H19FO3. The Hall–Kier alpha value is -3.14. The number of rotatable bonds is 4. The van der Waals surface area contributed by atoms with Gasteiger partial charge in [-0.2, -0.15) is 0 Å². The number of aryl methyl sites for hydroxylation is 1. The van der Waals surface area contributed by atoms with Gasteiger partial charge in [-0.3, -0.25) is 4.79 Å². The summed E-state index contributed by atoms with van der Waals surface area (Å²) in [4.78, 5) is 11.3. The molecule has 1 aliphatic carbocycles. The van der Waals surface area contributed by atoms with Crippen LogP contribution in [-0.2, 0) is 17.6 Å². The van der Waals surface area contributed by atoms with E-state index in [9.17, 15) is 14.3 Å². The van der Waals surface area contributed by atoms with Gasteiger partial charge in [0.2, 0.25) is 0 Å². The summed E-state index contributed by atoms with van der Waals surface area (Å²) in [6, 6.07) is 19.8. The quantitative estimate of drug-likeness (QED) is 0.669. The number of carboxylic acid groups (broad SMARTS) is 1. The van der Waals surface area contributed by atoms with E-state index in [-0.39, 0.29) is 11.7 Å². The molecule has 3 aromatic carbocycles. The lowest BCUT2D eigenvalue weighted by Gasteiger charge is -2.22. The number of halogens is 1. The van der Waals surface area contributed by atoms with Crippen molar-refractivity contribution in [1.82, 2.24) is 0 Å². The standard InChI is InChI=1S/C23H19FO3/c24-20-9-6-15(7-10-20)17-2-1-3-21(13-17)27-22-11-8-16-4-5-18(23(25)26)12-19(16)14-22/h1-3,6-11,13-14,18H,4-5,12H2,(H,25,26). The smallest absolute Gasteiger partial charge is 0.306 e.